The van der Waals surface area contributed by atoms with Crippen molar-refractivity contribution in [1.82, 2.24) is 10.2 Å². The van der Waals surface area contributed by atoms with Gasteiger partial charge < -0.3 is 15.0 Å². The van der Waals surface area contributed by atoms with E-state index in [1.165, 1.54) is 6.42 Å². The zero-order valence-corrected chi connectivity index (χ0v) is 13.3. The predicted octanol–water partition coefficient (Wildman–Crippen LogP) is 3.27. The Labute approximate surface area is 127 Å². The van der Waals surface area contributed by atoms with Crippen molar-refractivity contribution in [2.24, 2.45) is 11.8 Å². The third-order valence-electron chi connectivity index (χ3n) is 3.81. The van der Waals surface area contributed by atoms with Gasteiger partial charge in [0.05, 0.1) is 6.61 Å². The smallest absolute Gasteiger partial charge is 0.317 e. The van der Waals surface area contributed by atoms with Crippen LogP contribution in [-0.2, 0) is 6.54 Å². The van der Waals surface area contributed by atoms with Gasteiger partial charge in [0.15, 0.2) is 0 Å². The molecule has 1 fully saturated rings. The molecule has 0 aromatic heterocycles. The fraction of sp³-hybridized carbons (Fsp3) is 0.588. The van der Waals surface area contributed by atoms with E-state index in [1.807, 2.05) is 36.1 Å². The molecule has 1 saturated heterocycles. The van der Waals surface area contributed by atoms with Crippen molar-refractivity contribution < 1.29 is 9.53 Å². The molecule has 4 nitrogen and oxygen atoms in total. The van der Waals surface area contributed by atoms with Gasteiger partial charge in [-0.05, 0) is 42.9 Å². The molecule has 0 radical (unpaired) electrons. The van der Waals surface area contributed by atoms with Crippen LogP contribution in [0.25, 0.3) is 0 Å². The van der Waals surface area contributed by atoms with E-state index in [1.54, 1.807) is 0 Å². The Balaban J connectivity index is 1.87. The first-order valence-electron chi connectivity index (χ1n) is 7.83. The molecular formula is C17H26N2O2. The quantitative estimate of drug-likeness (QED) is 0.924. The number of carbonyl (C=O) groups excluding carboxylic acids is 1. The summed E-state index contributed by atoms with van der Waals surface area (Å²) in [5, 5.41) is 3.01. The fourth-order valence-electron chi connectivity index (χ4n) is 3.03. The first-order chi connectivity index (χ1) is 10.1. The molecule has 1 aliphatic heterocycles. The van der Waals surface area contributed by atoms with Gasteiger partial charge in [-0.2, -0.15) is 0 Å². The highest BCUT2D eigenvalue weighted by Gasteiger charge is 2.25. The van der Waals surface area contributed by atoms with Crippen LogP contribution in [0.4, 0.5) is 4.79 Å². The summed E-state index contributed by atoms with van der Waals surface area (Å²) in [5.41, 5.74) is 1.06. The number of hydrogen-bond acceptors (Lipinski definition) is 2. The van der Waals surface area contributed by atoms with Crippen LogP contribution in [-0.4, -0.2) is 30.6 Å². The minimum Gasteiger partial charge on any atom is -0.494 e. The molecule has 1 aromatic carbocycles. The van der Waals surface area contributed by atoms with Crippen LogP contribution in [0.1, 0.15) is 32.8 Å². The summed E-state index contributed by atoms with van der Waals surface area (Å²) in [7, 11) is 0. The van der Waals surface area contributed by atoms with Gasteiger partial charge in [0.1, 0.15) is 5.75 Å². The predicted molar refractivity (Wildman–Crippen MR) is 84.4 cm³/mol. The Bertz CT molecular complexity index is 466. The van der Waals surface area contributed by atoms with E-state index in [-0.39, 0.29) is 6.03 Å². The molecule has 2 rings (SSSR count). The summed E-state index contributed by atoms with van der Waals surface area (Å²) >= 11 is 0. The lowest BCUT2D eigenvalue weighted by Crippen LogP contribution is -2.47. The maximum atomic E-state index is 12.3. The first-order valence-corrected chi connectivity index (χ1v) is 7.83. The minimum atomic E-state index is 0.0372. The van der Waals surface area contributed by atoms with E-state index >= 15 is 0 Å². The lowest BCUT2D eigenvalue weighted by molar-refractivity contribution is 0.146. The Morgan fingerprint density at radius 3 is 2.71 bits per heavy atom. The Morgan fingerprint density at radius 2 is 2.05 bits per heavy atom. The number of piperidine rings is 1. The van der Waals surface area contributed by atoms with Crippen LogP contribution in [0, 0.1) is 11.8 Å². The van der Waals surface area contributed by atoms with Crippen LogP contribution in [0.15, 0.2) is 24.3 Å². The highest BCUT2D eigenvalue weighted by Crippen LogP contribution is 2.21. The number of rotatable bonds is 4. The Hall–Kier alpha value is -1.71. The third kappa shape index (κ3) is 4.66. The molecule has 2 unspecified atom stereocenters. The summed E-state index contributed by atoms with van der Waals surface area (Å²) < 4.78 is 5.47. The van der Waals surface area contributed by atoms with Crippen molar-refractivity contribution in [3.8, 4) is 5.75 Å². The number of benzene rings is 1. The molecule has 21 heavy (non-hydrogen) atoms. The summed E-state index contributed by atoms with van der Waals surface area (Å²) in [6, 6.07) is 7.91. The van der Waals surface area contributed by atoms with Gasteiger partial charge in [0, 0.05) is 19.6 Å². The maximum absolute atomic E-state index is 12.3. The second kappa shape index (κ2) is 7.34. The maximum Gasteiger partial charge on any atom is 0.317 e. The molecule has 1 aliphatic rings. The van der Waals surface area contributed by atoms with Gasteiger partial charge in [0.2, 0.25) is 0 Å². The number of hydrogen-bond donors (Lipinski definition) is 1. The average molecular weight is 290 g/mol. The van der Waals surface area contributed by atoms with Crippen molar-refractivity contribution in [2.75, 3.05) is 19.7 Å². The van der Waals surface area contributed by atoms with Gasteiger partial charge in [-0.25, -0.2) is 4.79 Å². The van der Waals surface area contributed by atoms with E-state index in [9.17, 15) is 4.79 Å². The van der Waals surface area contributed by atoms with E-state index in [4.69, 9.17) is 4.74 Å². The molecule has 1 aromatic rings. The van der Waals surface area contributed by atoms with Gasteiger partial charge in [-0.3, -0.25) is 0 Å². The van der Waals surface area contributed by atoms with Crippen molar-refractivity contribution in [3.05, 3.63) is 29.8 Å². The van der Waals surface area contributed by atoms with E-state index in [2.05, 4.69) is 19.2 Å². The first kappa shape index (κ1) is 15.7. The second-order valence-electron chi connectivity index (χ2n) is 6.09. The largest absolute Gasteiger partial charge is 0.494 e. The van der Waals surface area contributed by atoms with Crippen molar-refractivity contribution in [3.63, 3.8) is 0 Å². The number of urea groups is 1. The SMILES string of the molecule is CCOc1cccc(CNC(=O)N2CC(C)CC(C)C2)c1. The summed E-state index contributed by atoms with van der Waals surface area (Å²) in [5.74, 6) is 2.02. The Kier molecular flexibility index (Phi) is 5.48. The minimum absolute atomic E-state index is 0.0372. The Morgan fingerprint density at radius 1 is 1.33 bits per heavy atom. The molecule has 0 spiro atoms. The summed E-state index contributed by atoms with van der Waals surface area (Å²) in [4.78, 5) is 14.2. The van der Waals surface area contributed by atoms with E-state index in [0.717, 1.165) is 24.4 Å². The summed E-state index contributed by atoms with van der Waals surface area (Å²) in [6.45, 7) is 9.29. The van der Waals surface area contributed by atoms with Crippen molar-refractivity contribution >= 4 is 6.03 Å². The number of likely N-dealkylation sites (tertiary alicyclic amines) is 1. The molecule has 1 heterocycles. The van der Waals surface area contributed by atoms with Gasteiger partial charge in [-0.15, -0.1) is 0 Å². The summed E-state index contributed by atoms with van der Waals surface area (Å²) in [6.07, 6.45) is 1.21. The van der Waals surface area contributed by atoms with E-state index in [0.29, 0.717) is 25.0 Å². The standard InChI is InChI=1S/C17H26N2O2/c1-4-21-16-7-5-6-15(9-16)10-18-17(20)19-11-13(2)8-14(3)12-19/h5-7,9,13-14H,4,8,10-12H2,1-3H3,(H,18,20). The number of carbonyl (C=O) groups is 1. The molecule has 2 amide bonds. The topological polar surface area (TPSA) is 41.6 Å². The number of nitrogens with zero attached hydrogens (tertiary/aromatic N) is 1. The lowest BCUT2D eigenvalue weighted by Gasteiger charge is -2.34. The van der Waals surface area contributed by atoms with Gasteiger partial charge in [-0.1, -0.05) is 26.0 Å². The zero-order valence-electron chi connectivity index (χ0n) is 13.3. The van der Waals surface area contributed by atoms with Crippen LogP contribution in [0.2, 0.25) is 0 Å². The van der Waals surface area contributed by atoms with E-state index < -0.39 is 0 Å². The van der Waals surface area contributed by atoms with Crippen LogP contribution in [0.5, 0.6) is 5.75 Å². The average Bonchev–Trinajstić information content (AvgIpc) is 2.44. The molecule has 0 saturated carbocycles. The highest BCUT2D eigenvalue weighted by atomic mass is 16.5. The molecular weight excluding hydrogens is 264 g/mol. The van der Waals surface area contributed by atoms with Crippen LogP contribution < -0.4 is 10.1 Å². The number of amides is 2. The number of nitrogens with one attached hydrogen (secondary N) is 1. The van der Waals surface area contributed by atoms with Crippen LogP contribution in [0.3, 0.4) is 0 Å². The molecule has 0 bridgehead atoms. The fourth-order valence-corrected chi connectivity index (χ4v) is 3.03. The monoisotopic (exact) mass is 290 g/mol. The molecule has 4 heteroatoms. The zero-order chi connectivity index (χ0) is 15.2. The van der Waals surface area contributed by atoms with Crippen molar-refractivity contribution in [2.45, 2.75) is 33.7 Å². The second-order valence-corrected chi connectivity index (χ2v) is 6.09. The highest BCUT2D eigenvalue weighted by molar-refractivity contribution is 5.74. The molecule has 116 valence electrons. The van der Waals surface area contributed by atoms with Crippen LogP contribution >= 0.6 is 0 Å². The molecule has 0 aliphatic carbocycles. The number of ether oxygens (including phenoxy) is 1. The van der Waals surface area contributed by atoms with Crippen molar-refractivity contribution in [1.29, 1.82) is 0 Å². The van der Waals surface area contributed by atoms with Gasteiger partial charge in [0.25, 0.3) is 0 Å². The molecule has 2 atom stereocenters. The van der Waals surface area contributed by atoms with Gasteiger partial charge >= 0.3 is 6.03 Å². The normalized spacial score (nSPS) is 22.0. The third-order valence-corrected chi connectivity index (χ3v) is 3.81. The molecule has 1 N–H and O–H groups in total. The lowest BCUT2D eigenvalue weighted by atomic mass is 9.92.